The van der Waals surface area contributed by atoms with E-state index in [1.807, 2.05) is 23.5 Å². The fourth-order valence-electron chi connectivity index (χ4n) is 2.43. The van der Waals surface area contributed by atoms with E-state index in [4.69, 9.17) is 9.72 Å². The first-order valence-electron chi connectivity index (χ1n) is 7.06. The van der Waals surface area contributed by atoms with E-state index in [9.17, 15) is 0 Å². The van der Waals surface area contributed by atoms with Gasteiger partial charge in [-0.2, -0.15) is 0 Å². The quantitative estimate of drug-likeness (QED) is 0.935. The first kappa shape index (κ1) is 13.6. The Labute approximate surface area is 124 Å². The number of nitrogens with zero attached hydrogens (tertiary/aromatic N) is 1. The number of rotatable bonds is 4. The summed E-state index contributed by atoms with van der Waals surface area (Å²) in [5.41, 5.74) is 2.41. The monoisotopic (exact) mass is 288 g/mol. The molecule has 106 valence electrons. The Kier molecular flexibility index (Phi) is 3.76. The average Bonchev–Trinajstić information content (AvgIpc) is 3.00. The highest BCUT2D eigenvalue weighted by Crippen LogP contribution is 2.39. The van der Waals surface area contributed by atoms with Crippen LogP contribution in [0, 0.1) is 6.92 Å². The molecule has 0 fully saturated rings. The van der Waals surface area contributed by atoms with Crippen LogP contribution in [0.15, 0.2) is 24.3 Å². The molecule has 0 aliphatic carbocycles. The zero-order valence-electron chi connectivity index (χ0n) is 12.1. The summed E-state index contributed by atoms with van der Waals surface area (Å²) in [4.78, 5) is 6.10. The SMILES string of the molecule is Cc1nc(C2COc3ccccc32)sc1CNC(C)C. The normalized spacial score (nSPS) is 17.3. The van der Waals surface area contributed by atoms with Crippen molar-refractivity contribution in [1.82, 2.24) is 10.3 Å². The molecule has 4 heteroatoms. The van der Waals surface area contributed by atoms with Gasteiger partial charge in [-0.15, -0.1) is 11.3 Å². The van der Waals surface area contributed by atoms with Crippen LogP contribution in [0.3, 0.4) is 0 Å². The van der Waals surface area contributed by atoms with Crippen molar-refractivity contribution in [3.8, 4) is 5.75 Å². The minimum atomic E-state index is 0.294. The molecule has 0 radical (unpaired) electrons. The van der Waals surface area contributed by atoms with Crippen LogP contribution < -0.4 is 10.1 Å². The minimum absolute atomic E-state index is 0.294. The van der Waals surface area contributed by atoms with Gasteiger partial charge in [0.05, 0.1) is 11.6 Å². The van der Waals surface area contributed by atoms with Crippen molar-refractivity contribution in [3.63, 3.8) is 0 Å². The third-order valence-corrected chi connectivity index (χ3v) is 4.85. The molecule has 1 atom stereocenters. The molecule has 1 aromatic heterocycles. The fraction of sp³-hybridized carbons (Fsp3) is 0.438. The summed E-state index contributed by atoms with van der Waals surface area (Å²) in [6.45, 7) is 8.04. The predicted octanol–water partition coefficient (Wildman–Crippen LogP) is 3.47. The van der Waals surface area contributed by atoms with Crippen LogP contribution in [0.25, 0.3) is 0 Å². The van der Waals surface area contributed by atoms with Crippen molar-refractivity contribution < 1.29 is 4.74 Å². The summed E-state index contributed by atoms with van der Waals surface area (Å²) in [5, 5.41) is 4.64. The molecule has 0 saturated heterocycles. The number of para-hydroxylation sites is 1. The molecule has 1 aliphatic heterocycles. The Hall–Kier alpha value is -1.39. The van der Waals surface area contributed by atoms with E-state index in [2.05, 4.69) is 38.2 Å². The maximum Gasteiger partial charge on any atom is 0.123 e. The average molecular weight is 288 g/mol. The topological polar surface area (TPSA) is 34.1 Å². The zero-order valence-corrected chi connectivity index (χ0v) is 13.0. The van der Waals surface area contributed by atoms with Crippen LogP contribution in [0.4, 0.5) is 0 Å². The number of hydrogen-bond donors (Lipinski definition) is 1. The Bertz CT molecular complexity index is 606. The number of nitrogens with one attached hydrogen (secondary N) is 1. The standard InChI is InChI=1S/C16H20N2OS/c1-10(2)17-8-15-11(3)18-16(20-15)13-9-19-14-7-5-4-6-12(13)14/h4-7,10,13,17H,8-9H2,1-3H3. The molecule has 2 heterocycles. The van der Waals surface area contributed by atoms with Gasteiger partial charge in [0, 0.05) is 23.0 Å². The van der Waals surface area contributed by atoms with Gasteiger partial charge < -0.3 is 10.1 Å². The van der Waals surface area contributed by atoms with E-state index in [0.717, 1.165) is 18.0 Å². The molecule has 0 saturated carbocycles. The van der Waals surface area contributed by atoms with Gasteiger partial charge in [-0.25, -0.2) is 4.98 Å². The van der Waals surface area contributed by atoms with Gasteiger partial charge >= 0.3 is 0 Å². The number of thiazole rings is 1. The van der Waals surface area contributed by atoms with Crippen molar-refractivity contribution in [2.24, 2.45) is 0 Å². The summed E-state index contributed by atoms with van der Waals surface area (Å²) < 4.78 is 5.76. The van der Waals surface area contributed by atoms with Crippen LogP contribution in [0.1, 0.15) is 40.9 Å². The molecular weight excluding hydrogens is 268 g/mol. The Balaban J connectivity index is 1.84. The number of aryl methyl sites for hydroxylation is 1. The smallest absolute Gasteiger partial charge is 0.123 e. The minimum Gasteiger partial charge on any atom is -0.492 e. The van der Waals surface area contributed by atoms with Crippen molar-refractivity contribution in [2.75, 3.05) is 6.61 Å². The maximum absolute atomic E-state index is 5.76. The van der Waals surface area contributed by atoms with Crippen molar-refractivity contribution in [2.45, 2.75) is 39.3 Å². The molecule has 0 bridgehead atoms. The Morgan fingerprint density at radius 3 is 3.00 bits per heavy atom. The highest BCUT2D eigenvalue weighted by atomic mass is 32.1. The molecule has 0 spiro atoms. The summed E-state index contributed by atoms with van der Waals surface area (Å²) in [6.07, 6.45) is 0. The van der Waals surface area contributed by atoms with Crippen molar-refractivity contribution in [1.29, 1.82) is 0 Å². The first-order valence-corrected chi connectivity index (χ1v) is 7.88. The Morgan fingerprint density at radius 1 is 1.40 bits per heavy atom. The predicted molar refractivity (Wildman–Crippen MR) is 82.6 cm³/mol. The molecule has 20 heavy (non-hydrogen) atoms. The molecule has 1 aromatic carbocycles. The van der Waals surface area contributed by atoms with E-state index in [1.165, 1.54) is 15.4 Å². The highest BCUT2D eigenvalue weighted by molar-refractivity contribution is 7.11. The molecule has 1 aliphatic rings. The largest absolute Gasteiger partial charge is 0.492 e. The maximum atomic E-state index is 5.76. The lowest BCUT2D eigenvalue weighted by Crippen LogP contribution is -2.21. The lowest BCUT2D eigenvalue weighted by atomic mass is 10.0. The summed E-state index contributed by atoms with van der Waals surface area (Å²) >= 11 is 1.81. The molecular formula is C16H20N2OS. The number of fused-ring (bicyclic) bond motifs is 1. The van der Waals surface area contributed by atoms with Crippen LogP contribution in [0.2, 0.25) is 0 Å². The highest BCUT2D eigenvalue weighted by Gasteiger charge is 2.28. The third-order valence-electron chi connectivity index (χ3n) is 3.58. The van der Waals surface area contributed by atoms with E-state index in [-0.39, 0.29) is 0 Å². The van der Waals surface area contributed by atoms with E-state index < -0.39 is 0 Å². The van der Waals surface area contributed by atoms with Crippen LogP contribution in [-0.4, -0.2) is 17.6 Å². The zero-order chi connectivity index (χ0) is 14.1. The van der Waals surface area contributed by atoms with E-state index in [0.29, 0.717) is 18.6 Å². The second kappa shape index (κ2) is 5.54. The molecule has 2 aromatic rings. The summed E-state index contributed by atoms with van der Waals surface area (Å²) in [6, 6.07) is 8.77. The van der Waals surface area contributed by atoms with Gasteiger partial charge in [-0.1, -0.05) is 32.0 Å². The van der Waals surface area contributed by atoms with Gasteiger partial charge in [0.15, 0.2) is 0 Å². The van der Waals surface area contributed by atoms with E-state index >= 15 is 0 Å². The second-order valence-electron chi connectivity index (χ2n) is 5.50. The number of ether oxygens (including phenoxy) is 1. The van der Waals surface area contributed by atoms with Gasteiger partial charge in [-0.3, -0.25) is 0 Å². The van der Waals surface area contributed by atoms with Gasteiger partial charge in [0.25, 0.3) is 0 Å². The third kappa shape index (κ3) is 2.58. The summed E-state index contributed by atoms with van der Waals surface area (Å²) in [7, 11) is 0. The van der Waals surface area contributed by atoms with Crippen LogP contribution in [-0.2, 0) is 6.54 Å². The Morgan fingerprint density at radius 2 is 2.20 bits per heavy atom. The molecule has 0 amide bonds. The number of aromatic nitrogens is 1. The number of hydrogen-bond acceptors (Lipinski definition) is 4. The molecule has 1 unspecified atom stereocenters. The molecule has 3 rings (SSSR count). The van der Waals surface area contributed by atoms with Crippen LogP contribution in [0.5, 0.6) is 5.75 Å². The summed E-state index contributed by atoms with van der Waals surface area (Å²) in [5.74, 6) is 1.30. The fourth-order valence-corrected chi connectivity index (χ4v) is 3.55. The van der Waals surface area contributed by atoms with E-state index in [1.54, 1.807) is 0 Å². The lowest BCUT2D eigenvalue weighted by molar-refractivity contribution is 0.343. The second-order valence-corrected chi connectivity index (χ2v) is 6.61. The van der Waals surface area contributed by atoms with Crippen LogP contribution >= 0.6 is 11.3 Å². The first-order chi connectivity index (χ1) is 9.65. The number of benzene rings is 1. The van der Waals surface area contributed by atoms with Crippen molar-refractivity contribution >= 4 is 11.3 Å². The van der Waals surface area contributed by atoms with Gasteiger partial charge in [-0.05, 0) is 13.0 Å². The molecule has 3 nitrogen and oxygen atoms in total. The molecule has 1 N–H and O–H groups in total. The van der Waals surface area contributed by atoms with Crippen molar-refractivity contribution in [3.05, 3.63) is 45.4 Å². The lowest BCUT2D eigenvalue weighted by Gasteiger charge is -2.06. The van der Waals surface area contributed by atoms with Gasteiger partial charge in [0.2, 0.25) is 0 Å². The van der Waals surface area contributed by atoms with Gasteiger partial charge in [0.1, 0.15) is 17.4 Å².